The van der Waals surface area contributed by atoms with Crippen LogP contribution in [0.25, 0.3) is 55.6 Å². The van der Waals surface area contributed by atoms with Gasteiger partial charge in [0.2, 0.25) is 0 Å². The molecule has 8 aromatic rings. The largest absolute Gasteiger partial charge is 0.507 e. The van der Waals surface area contributed by atoms with Gasteiger partial charge < -0.3 is 10.2 Å². The number of benzene rings is 8. The van der Waals surface area contributed by atoms with Crippen molar-refractivity contribution in [3.05, 3.63) is 194 Å². The summed E-state index contributed by atoms with van der Waals surface area (Å²) in [7, 11) is 0. The molecule has 0 aliphatic heterocycles. The fourth-order valence-corrected chi connectivity index (χ4v) is 8.78. The van der Waals surface area contributed by atoms with E-state index in [2.05, 4.69) is 84.9 Å². The van der Waals surface area contributed by atoms with Crippen molar-refractivity contribution < 1.29 is 10.2 Å². The number of para-hydroxylation sites is 2. The highest BCUT2D eigenvalue weighted by Gasteiger charge is 2.19. The first kappa shape index (κ1) is 33.2. The fraction of sp³-hybridized carbons (Fsp3) is 0. The molecule has 0 aromatic heterocycles. The highest BCUT2D eigenvalue weighted by atomic mass is 32.2. The number of phenols is 2. The first-order valence-corrected chi connectivity index (χ1v) is 18.8. The average molecular weight is 707 g/mol. The number of phenolic OH excluding ortho intramolecular Hbond substituents is 2. The van der Waals surface area contributed by atoms with Crippen LogP contribution in [0, 0.1) is 0 Å². The van der Waals surface area contributed by atoms with Crippen LogP contribution in [0.3, 0.4) is 0 Å². The van der Waals surface area contributed by atoms with Gasteiger partial charge in [-0.25, -0.2) is 0 Å². The van der Waals surface area contributed by atoms with E-state index >= 15 is 0 Å². The van der Waals surface area contributed by atoms with Gasteiger partial charge in [0.15, 0.2) is 0 Å². The molecule has 0 aliphatic rings. The van der Waals surface area contributed by atoms with Crippen LogP contribution in [-0.4, -0.2) is 10.2 Å². The minimum Gasteiger partial charge on any atom is -0.507 e. The molecule has 0 heterocycles. The Bertz CT molecular complexity index is 2320. The minimum absolute atomic E-state index is 0.274. The molecule has 0 atom stereocenters. The van der Waals surface area contributed by atoms with E-state index in [9.17, 15) is 10.2 Å². The molecule has 2 N–H and O–H groups in total. The first-order chi connectivity index (χ1) is 25.7. The zero-order valence-corrected chi connectivity index (χ0v) is 29.8. The molecule has 2 nitrogen and oxygen atoms in total. The molecule has 0 amide bonds. The Morgan fingerprint density at radius 3 is 0.827 bits per heavy atom. The van der Waals surface area contributed by atoms with Gasteiger partial charge in [-0.1, -0.05) is 193 Å². The smallest absolute Gasteiger partial charge is 0.131 e. The van der Waals surface area contributed by atoms with Gasteiger partial charge in [-0.2, -0.15) is 0 Å². The van der Waals surface area contributed by atoms with Crippen molar-refractivity contribution in [1.29, 1.82) is 0 Å². The third kappa shape index (κ3) is 6.74. The quantitative estimate of drug-likeness (QED) is 0.157. The molecule has 4 heteroatoms. The molecular formula is C48H34O2S2. The number of hydrogen-bond donors (Lipinski definition) is 2. The van der Waals surface area contributed by atoms with E-state index in [4.69, 9.17) is 0 Å². The van der Waals surface area contributed by atoms with Crippen LogP contribution >= 0.6 is 23.5 Å². The van der Waals surface area contributed by atoms with Gasteiger partial charge in [0.1, 0.15) is 11.5 Å². The normalized spacial score (nSPS) is 11.0. The Morgan fingerprint density at radius 1 is 0.231 bits per heavy atom. The summed E-state index contributed by atoms with van der Waals surface area (Å²) in [6, 6.07) is 65.5. The van der Waals surface area contributed by atoms with E-state index < -0.39 is 0 Å². The van der Waals surface area contributed by atoms with E-state index in [0.29, 0.717) is 0 Å². The standard InChI is InChI=1S/C48H34O2S2/c49-47-35(33-17-3-1-4-18-33)25-15-27-41(47)39-23-9-13-31-45(39)51-43-29-11-7-21-37(43)38-22-8-12-30-44(38)52-46-32-14-10-24-40(46)42-28-16-26-36(48(42)50)34-19-5-2-6-20-34/h1-32,49-50H. The molecule has 52 heavy (non-hydrogen) atoms. The van der Waals surface area contributed by atoms with Crippen molar-refractivity contribution in [2.75, 3.05) is 0 Å². The Morgan fingerprint density at radius 2 is 0.481 bits per heavy atom. The maximum atomic E-state index is 11.6. The van der Waals surface area contributed by atoms with Gasteiger partial charge in [-0.05, 0) is 57.6 Å². The molecule has 0 spiro atoms. The summed E-state index contributed by atoms with van der Waals surface area (Å²) in [5.74, 6) is 0.548. The summed E-state index contributed by atoms with van der Waals surface area (Å²) in [5.41, 5.74) is 9.38. The second kappa shape index (κ2) is 15.1. The van der Waals surface area contributed by atoms with Crippen LogP contribution in [0.4, 0.5) is 0 Å². The molecule has 0 aliphatic carbocycles. The van der Waals surface area contributed by atoms with Gasteiger partial charge in [-0.15, -0.1) is 0 Å². The summed E-state index contributed by atoms with van der Waals surface area (Å²) < 4.78 is 0. The van der Waals surface area contributed by atoms with Gasteiger partial charge in [0, 0.05) is 41.8 Å². The van der Waals surface area contributed by atoms with E-state index in [1.165, 1.54) is 0 Å². The number of rotatable bonds is 9. The number of hydrogen-bond acceptors (Lipinski definition) is 4. The maximum absolute atomic E-state index is 11.6. The van der Waals surface area contributed by atoms with Crippen LogP contribution < -0.4 is 0 Å². The highest BCUT2D eigenvalue weighted by molar-refractivity contribution is 8.00. The van der Waals surface area contributed by atoms with Crippen LogP contribution in [0.2, 0.25) is 0 Å². The predicted octanol–water partition coefficient (Wildman–Crippen LogP) is 13.7. The van der Waals surface area contributed by atoms with Crippen molar-refractivity contribution in [3.8, 4) is 67.1 Å². The Kier molecular flexibility index (Phi) is 9.66. The highest BCUT2D eigenvalue weighted by Crippen LogP contribution is 2.48. The maximum Gasteiger partial charge on any atom is 0.131 e. The average Bonchev–Trinajstić information content (AvgIpc) is 3.20. The van der Waals surface area contributed by atoms with Crippen molar-refractivity contribution in [3.63, 3.8) is 0 Å². The lowest BCUT2D eigenvalue weighted by atomic mass is 9.97. The van der Waals surface area contributed by atoms with E-state index in [1.54, 1.807) is 23.5 Å². The molecule has 8 aromatic carbocycles. The second-order valence-corrected chi connectivity index (χ2v) is 14.5. The van der Waals surface area contributed by atoms with Crippen molar-refractivity contribution in [2.24, 2.45) is 0 Å². The lowest BCUT2D eigenvalue weighted by Crippen LogP contribution is -1.90. The lowest BCUT2D eigenvalue weighted by Gasteiger charge is -2.17. The van der Waals surface area contributed by atoms with Crippen LogP contribution in [0.1, 0.15) is 0 Å². The molecule has 0 unspecified atom stereocenters. The zero-order valence-electron chi connectivity index (χ0n) is 28.2. The van der Waals surface area contributed by atoms with E-state index in [0.717, 1.165) is 75.2 Å². The summed E-state index contributed by atoms with van der Waals surface area (Å²) in [5, 5.41) is 23.1. The van der Waals surface area contributed by atoms with Crippen molar-refractivity contribution >= 4 is 23.5 Å². The van der Waals surface area contributed by atoms with Gasteiger partial charge in [0.25, 0.3) is 0 Å². The summed E-state index contributed by atoms with van der Waals surface area (Å²) >= 11 is 3.41. The molecule has 8 rings (SSSR count). The van der Waals surface area contributed by atoms with Crippen LogP contribution in [0.5, 0.6) is 11.5 Å². The van der Waals surface area contributed by atoms with Gasteiger partial charge in [-0.3, -0.25) is 0 Å². The molecule has 0 bridgehead atoms. The van der Waals surface area contributed by atoms with E-state index in [1.807, 2.05) is 109 Å². The monoisotopic (exact) mass is 706 g/mol. The third-order valence-corrected chi connectivity index (χ3v) is 11.4. The fourth-order valence-electron chi connectivity index (χ4n) is 6.57. The van der Waals surface area contributed by atoms with Crippen molar-refractivity contribution in [2.45, 2.75) is 19.6 Å². The number of aromatic hydroxyl groups is 2. The zero-order chi connectivity index (χ0) is 35.3. The lowest BCUT2D eigenvalue weighted by molar-refractivity contribution is 0.478. The summed E-state index contributed by atoms with van der Waals surface area (Å²) in [4.78, 5) is 4.34. The molecule has 0 saturated carbocycles. The van der Waals surface area contributed by atoms with Crippen LogP contribution in [-0.2, 0) is 0 Å². The SMILES string of the molecule is Oc1c(-c2ccccc2)cccc1-c1ccccc1Sc1ccccc1-c1ccccc1Sc1ccccc1-c1cccc(-c2ccccc2)c1O. The Balaban J connectivity index is 1.15. The first-order valence-electron chi connectivity index (χ1n) is 17.1. The molecule has 0 saturated heterocycles. The Labute approximate surface area is 313 Å². The van der Waals surface area contributed by atoms with Gasteiger partial charge >= 0.3 is 0 Å². The Hall–Kier alpha value is -5.94. The topological polar surface area (TPSA) is 40.5 Å². The molecular weight excluding hydrogens is 673 g/mol. The molecule has 0 radical (unpaired) electrons. The van der Waals surface area contributed by atoms with E-state index in [-0.39, 0.29) is 11.5 Å². The predicted molar refractivity (Wildman–Crippen MR) is 218 cm³/mol. The van der Waals surface area contributed by atoms with Gasteiger partial charge in [0.05, 0.1) is 0 Å². The molecule has 250 valence electrons. The van der Waals surface area contributed by atoms with Crippen LogP contribution in [0.15, 0.2) is 214 Å². The second-order valence-electron chi connectivity index (χ2n) is 12.3. The summed E-state index contributed by atoms with van der Waals surface area (Å²) in [6.45, 7) is 0. The molecule has 0 fully saturated rings. The summed E-state index contributed by atoms with van der Waals surface area (Å²) in [6.07, 6.45) is 0. The third-order valence-electron chi connectivity index (χ3n) is 9.10. The minimum atomic E-state index is 0.274. The van der Waals surface area contributed by atoms with Crippen molar-refractivity contribution in [1.82, 2.24) is 0 Å².